The Labute approximate surface area is 138 Å². The Morgan fingerprint density at radius 2 is 2.12 bits per heavy atom. The van der Waals surface area contributed by atoms with E-state index in [1.165, 1.54) is 19.2 Å². The highest BCUT2D eigenvalue weighted by Crippen LogP contribution is 2.30. The number of rotatable bonds is 3. The van der Waals surface area contributed by atoms with Gasteiger partial charge in [-0.25, -0.2) is 19.2 Å². The molecule has 1 aliphatic rings. The molecule has 6 nitrogen and oxygen atoms in total. The summed E-state index contributed by atoms with van der Waals surface area (Å²) in [5.41, 5.74) is 7.48. The lowest BCUT2D eigenvalue weighted by molar-refractivity contribution is 0.0595. The standard InChI is InChI=1S/C17H18FN3O3/c1-23-17(22)12-3-2-11(8-13(12)18)15-16(19)20-9-14(21-15)10-4-6-24-7-5-10/h2-3,8-10H,4-7H2,1H3,(H2,19,20). The van der Waals surface area contributed by atoms with Crippen molar-refractivity contribution in [3.63, 3.8) is 0 Å². The third-order valence-electron chi connectivity index (χ3n) is 4.11. The van der Waals surface area contributed by atoms with Crippen LogP contribution in [0.3, 0.4) is 0 Å². The molecule has 0 amide bonds. The van der Waals surface area contributed by atoms with Crippen molar-refractivity contribution >= 4 is 11.8 Å². The van der Waals surface area contributed by atoms with Crippen LogP contribution in [0.1, 0.15) is 34.8 Å². The number of hydrogen-bond acceptors (Lipinski definition) is 6. The van der Waals surface area contributed by atoms with E-state index in [9.17, 15) is 9.18 Å². The molecule has 3 rings (SSSR count). The molecule has 0 spiro atoms. The smallest absolute Gasteiger partial charge is 0.340 e. The first-order chi connectivity index (χ1) is 11.6. The number of aromatic nitrogens is 2. The summed E-state index contributed by atoms with van der Waals surface area (Å²) in [5, 5.41) is 0. The second-order valence-corrected chi connectivity index (χ2v) is 5.60. The Morgan fingerprint density at radius 3 is 2.79 bits per heavy atom. The topological polar surface area (TPSA) is 87.3 Å². The molecular formula is C17H18FN3O3. The molecule has 24 heavy (non-hydrogen) atoms. The number of carbonyl (C=O) groups is 1. The van der Waals surface area contributed by atoms with Crippen LogP contribution >= 0.6 is 0 Å². The molecule has 0 unspecified atom stereocenters. The number of methoxy groups -OCH3 is 1. The largest absolute Gasteiger partial charge is 0.465 e. The highest BCUT2D eigenvalue weighted by molar-refractivity contribution is 5.90. The van der Waals surface area contributed by atoms with Gasteiger partial charge in [0.1, 0.15) is 17.3 Å². The third kappa shape index (κ3) is 3.21. The zero-order valence-corrected chi connectivity index (χ0v) is 13.3. The number of carbonyl (C=O) groups excluding carboxylic acids is 1. The van der Waals surface area contributed by atoms with Crippen LogP contribution in [0.5, 0.6) is 0 Å². The predicted molar refractivity (Wildman–Crippen MR) is 86.0 cm³/mol. The van der Waals surface area contributed by atoms with Gasteiger partial charge in [0, 0.05) is 24.7 Å². The number of nitrogens with zero attached hydrogens (tertiary/aromatic N) is 2. The van der Waals surface area contributed by atoms with Gasteiger partial charge >= 0.3 is 5.97 Å². The molecule has 1 fully saturated rings. The van der Waals surface area contributed by atoms with Gasteiger partial charge in [-0.3, -0.25) is 0 Å². The molecule has 7 heteroatoms. The molecule has 0 bridgehead atoms. The van der Waals surface area contributed by atoms with Gasteiger partial charge in [-0.2, -0.15) is 0 Å². The summed E-state index contributed by atoms with van der Waals surface area (Å²) < 4.78 is 24.1. The maximum absolute atomic E-state index is 14.2. The molecule has 2 N–H and O–H groups in total. The van der Waals surface area contributed by atoms with Crippen molar-refractivity contribution < 1.29 is 18.7 Å². The number of halogens is 1. The molecule has 126 valence electrons. The van der Waals surface area contributed by atoms with Crippen molar-refractivity contribution in [1.29, 1.82) is 0 Å². The van der Waals surface area contributed by atoms with E-state index in [4.69, 9.17) is 10.5 Å². The molecule has 0 saturated carbocycles. The lowest BCUT2D eigenvalue weighted by atomic mass is 9.96. The number of esters is 1. The minimum absolute atomic E-state index is 0.131. The van der Waals surface area contributed by atoms with E-state index in [-0.39, 0.29) is 17.3 Å². The van der Waals surface area contributed by atoms with Gasteiger partial charge in [-0.1, -0.05) is 6.07 Å². The maximum atomic E-state index is 14.2. The Morgan fingerprint density at radius 1 is 1.38 bits per heavy atom. The van der Waals surface area contributed by atoms with Crippen molar-refractivity contribution in [2.45, 2.75) is 18.8 Å². The van der Waals surface area contributed by atoms with Crippen molar-refractivity contribution in [2.24, 2.45) is 0 Å². The van der Waals surface area contributed by atoms with Crippen LogP contribution in [-0.2, 0) is 9.47 Å². The first-order valence-corrected chi connectivity index (χ1v) is 7.68. The average molecular weight is 331 g/mol. The highest BCUT2D eigenvalue weighted by Gasteiger charge is 2.20. The number of benzene rings is 1. The fourth-order valence-electron chi connectivity index (χ4n) is 2.75. The molecule has 1 aliphatic heterocycles. The normalized spacial score (nSPS) is 15.2. The first-order valence-electron chi connectivity index (χ1n) is 7.68. The fraction of sp³-hybridized carbons (Fsp3) is 0.353. The van der Waals surface area contributed by atoms with Crippen LogP contribution in [-0.4, -0.2) is 36.3 Å². The second kappa shape index (κ2) is 6.92. The first kappa shape index (κ1) is 16.3. The molecule has 2 aromatic rings. The minimum atomic E-state index is -0.728. The fourth-order valence-corrected chi connectivity index (χ4v) is 2.75. The molecule has 1 saturated heterocycles. The van der Waals surface area contributed by atoms with Gasteiger partial charge in [0.15, 0.2) is 0 Å². The minimum Gasteiger partial charge on any atom is -0.465 e. The van der Waals surface area contributed by atoms with Crippen molar-refractivity contribution in [1.82, 2.24) is 9.97 Å². The van der Waals surface area contributed by atoms with E-state index in [2.05, 4.69) is 14.7 Å². The summed E-state index contributed by atoms with van der Waals surface area (Å²) >= 11 is 0. The summed E-state index contributed by atoms with van der Waals surface area (Å²) in [6.07, 6.45) is 3.40. The van der Waals surface area contributed by atoms with Gasteiger partial charge in [-0.05, 0) is 25.0 Å². The zero-order valence-electron chi connectivity index (χ0n) is 13.3. The summed E-state index contributed by atoms with van der Waals surface area (Å²) in [6.45, 7) is 1.38. The van der Waals surface area contributed by atoms with Crippen LogP contribution in [0.25, 0.3) is 11.3 Å². The molecule has 0 radical (unpaired) electrons. The number of hydrogen-bond donors (Lipinski definition) is 1. The van der Waals surface area contributed by atoms with Gasteiger partial charge in [0.25, 0.3) is 0 Å². The molecule has 0 atom stereocenters. The van der Waals surface area contributed by atoms with Gasteiger partial charge in [-0.15, -0.1) is 0 Å². The monoisotopic (exact) mass is 331 g/mol. The van der Waals surface area contributed by atoms with Crippen molar-refractivity contribution in [3.05, 3.63) is 41.5 Å². The van der Waals surface area contributed by atoms with Crippen LogP contribution < -0.4 is 5.73 Å². The Balaban J connectivity index is 1.96. The van der Waals surface area contributed by atoms with E-state index < -0.39 is 11.8 Å². The summed E-state index contributed by atoms with van der Waals surface area (Å²) in [4.78, 5) is 20.3. The van der Waals surface area contributed by atoms with E-state index >= 15 is 0 Å². The molecular weight excluding hydrogens is 313 g/mol. The summed E-state index contributed by atoms with van der Waals surface area (Å²) in [6, 6.07) is 4.17. The van der Waals surface area contributed by atoms with E-state index in [0.29, 0.717) is 24.5 Å². The lowest BCUT2D eigenvalue weighted by Crippen LogP contribution is -2.16. The average Bonchev–Trinajstić information content (AvgIpc) is 2.62. The third-order valence-corrected chi connectivity index (χ3v) is 4.11. The number of anilines is 1. The number of nitrogen functional groups attached to an aromatic ring is 1. The van der Waals surface area contributed by atoms with E-state index in [0.717, 1.165) is 18.5 Å². The Hall–Kier alpha value is -2.54. The second-order valence-electron chi connectivity index (χ2n) is 5.60. The van der Waals surface area contributed by atoms with Crippen LogP contribution in [0.15, 0.2) is 24.4 Å². The predicted octanol–water partition coefficient (Wildman–Crippen LogP) is 2.55. The Kier molecular flexibility index (Phi) is 4.71. The summed E-state index contributed by atoms with van der Waals surface area (Å²) in [7, 11) is 1.20. The molecule has 1 aromatic carbocycles. The summed E-state index contributed by atoms with van der Waals surface area (Å²) in [5.74, 6) is -0.938. The highest BCUT2D eigenvalue weighted by atomic mass is 19.1. The van der Waals surface area contributed by atoms with E-state index in [1.807, 2.05) is 0 Å². The van der Waals surface area contributed by atoms with Gasteiger partial charge in [0.05, 0.1) is 24.6 Å². The van der Waals surface area contributed by atoms with Gasteiger partial charge in [0.2, 0.25) is 0 Å². The van der Waals surface area contributed by atoms with Crippen LogP contribution in [0.4, 0.5) is 10.2 Å². The van der Waals surface area contributed by atoms with Crippen molar-refractivity contribution in [3.8, 4) is 11.3 Å². The Bertz CT molecular complexity index is 761. The molecule has 2 heterocycles. The quantitative estimate of drug-likeness (QED) is 0.870. The molecule has 0 aliphatic carbocycles. The van der Waals surface area contributed by atoms with Gasteiger partial charge < -0.3 is 15.2 Å². The van der Waals surface area contributed by atoms with E-state index in [1.54, 1.807) is 12.3 Å². The maximum Gasteiger partial charge on any atom is 0.340 e. The number of nitrogens with two attached hydrogens (primary N) is 1. The number of ether oxygens (including phenoxy) is 2. The van der Waals surface area contributed by atoms with Crippen LogP contribution in [0.2, 0.25) is 0 Å². The van der Waals surface area contributed by atoms with Crippen molar-refractivity contribution in [2.75, 3.05) is 26.1 Å². The SMILES string of the molecule is COC(=O)c1ccc(-c2nc(C3CCOCC3)cnc2N)cc1F. The molecule has 1 aromatic heterocycles. The lowest BCUT2D eigenvalue weighted by Gasteiger charge is -2.21. The van der Waals surface area contributed by atoms with Crippen LogP contribution in [0, 0.1) is 5.82 Å². The zero-order chi connectivity index (χ0) is 17.1.